The standard InChI is InChI=1S/C13H19N3O.HI/c1-2-8-15-13(14)16-9-12(10-17)11-6-4-3-5-7-11;/h2-7,12,17H,1,8-10H2,(H3,14,15,16);1H. The fourth-order valence-electron chi connectivity index (χ4n) is 1.43. The lowest BCUT2D eigenvalue weighted by molar-refractivity contribution is 0.268. The normalized spacial score (nSPS) is 12.4. The van der Waals surface area contributed by atoms with Crippen LogP contribution in [0.15, 0.2) is 48.0 Å². The third-order valence-electron chi connectivity index (χ3n) is 2.40. The SMILES string of the molecule is C=CCNC(N)=NCC(CO)c1ccccc1.I. The van der Waals surface area contributed by atoms with Crippen molar-refractivity contribution >= 4 is 29.9 Å². The maximum absolute atomic E-state index is 9.32. The molecule has 4 nitrogen and oxygen atoms in total. The third-order valence-corrected chi connectivity index (χ3v) is 2.40. The van der Waals surface area contributed by atoms with Crippen molar-refractivity contribution in [3.63, 3.8) is 0 Å². The first-order valence-corrected chi connectivity index (χ1v) is 5.58. The number of nitrogens with two attached hydrogens (primary N) is 1. The minimum Gasteiger partial charge on any atom is -0.396 e. The van der Waals surface area contributed by atoms with Crippen molar-refractivity contribution in [3.8, 4) is 0 Å². The van der Waals surface area contributed by atoms with Crippen LogP contribution < -0.4 is 11.1 Å². The minimum atomic E-state index is -0.0136. The van der Waals surface area contributed by atoms with Crippen LogP contribution in [0.4, 0.5) is 0 Å². The average Bonchev–Trinajstić information content (AvgIpc) is 2.38. The molecular formula is C13H20IN3O. The van der Waals surface area contributed by atoms with E-state index >= 15 is 0 Å². The Morgan fingerprint density at radius 3 is 2.67 bits per heavy atom. The number of nitrogens with one attached hydrogen (secondary N) is 1. The van der Waals surface area contributed by atoms with Crippen LogP contribution in [0.3, 0.4) is 0 Å². The van der Waals surface area contributed by atoms with E-state index in [0.717, 1.165) is 5.56 Å². The lowest BCUT2D eigenvalue weighted by Crippen LogP contribution is -2.32. The molecule has 0 saturated carbocycles. The molecule has 5 heteroatoms. The van der Waals surface area contributed by atoms with E-state index in [4.69, 9.17) is 5.73 Å². The highest BCUT2D eigenvalue weighted by molar-refractivity contribution is 14.0. The zero-order valence-electron chi connectivity index (χ0n) is 10.2. The van der Waals surface area contributed by atoms with Gasteiger partial charge in [0.2, 0.25) is 0 Å². The lowest BCUT2D eigenvalue weighted by atomic mass is 10.0. The molecule has 1 rings (SSSR count). The molecule has 0 spiro atoms. The van der Waals surface area contributed by atoms with E-state index in [0.29, 0.717) is 19.0 Å². The molecule has 18 heavy (non-hydrogen) atoms. The lowest BCUT2D eigenvalue weighted by Gasteiger charge is -2.12. The van der Waals surface area contributed by atoms with Crippen LogP contribution in [0.2, 0.25) is 0 Å². The smallest absolute Gasteiger partial charge is 0.188 e. The minimum absolute atomic E-state index is 0. The van der Waals surface area contributed by atoms with Gasteiger partial charge in [0.15, 0.2) is 5.96 Å². The van der Waals surface area contributed by atoms with Gasteiger partial charge < -0.3 is 16.2 Å². The zero-order chi connectivity index (χ0) is 12.5. The van der Waals surface area contributed by atoms with Gasteiger partial charge in [-0.2, -0.15) is 0 Å². The number of hydrogen-bond acceptors (Lipinski definition) is 2. The predicted molar refractivity (Wildman–Crippen MR) is 86.4 cm³/mol. The van der Waals surface area contributed by atoms with Crippen molar-refractivity contribution in [2.45, 2.75) is 5.92 Å². The highest BCUT2D eigenvalue weighted by Gasteiger charge is 2.08. The van der Waals surface area contributed by atoms with E-state index in [-0.39, 0.29) is 36.5 Å². The number of hydrogen-bond donors (Lipinski definition) is 3. The zero-order valence-corrected chi connectivity index (χ0v) is 12.6. The molecule has 0 aliphatic heterocycles. The largest absolute Gasteiger partial charge is 0.396 e. The quantitative estimate of drug-likeness (QED) is 0.311. The molecule has 0 heterocycles. The molecule has 0 saturated heterocycles. The molecule has 0 aliphatic rings. The fourth-order valence-corrected chi connectivity index (χ4v) is 1.43. The number of halogens is 1. The Hall–Kier alpha value is -1.08. The first-order valence-electron chi connectivity index (χ1n) is 5.58. The number of aliphatic hydroxyl groups is 1. The number of guanidine groups is 1. The predicted octanol–water partition coefficient (Wildman–Crippen LogP) is 1.47. The Morgan fingerprint density at radius 2 is 2.11 bits per heavy atom. The molecule has 0 bridgehead atoms. The fraction of sp³-hybridized carbons (Fsp3) is 0.308. The molecule has 1 aromatic carbocycles. The molecule has 0 radical (unpaired) electrons. The molecule has 0 aromatic heterocycles. The van der Waals surface area contributed by atoms with Crippen LogP contribution >= 0.6 is 24.0 Å². The van der Waals surface area contributed by atoms with Crippen molar-refractivity contribution in [3.05, 3.63) is 48.6 Å². The Labute approximate surface area is 125 Å². The highest BCUT2D eigenvalue weighted by Crippen LogP contribution is 2.14. The number of rotatable bonds is 6. The van der Waals surface area contributed by atoms with Crippen molar-refractivity contribution in [1.29, 1.82) is 0 Å². The maximum Gasteiger partial charge on any atom is 0.188 e. The maximum atomic E-state index is 9.32. The van der Waals surface area contributed by atoms with Gasteiger partial charge >= 0.3 is 0 Å². The summed E-state index contributed by atoms with van der Waals surface area (Å²) in [5, 5.41) is 12.2. The van der Waals surface area contributed by atoms with Gasteiger partial charge in [0.05, 0.1) is 13.2 Å². The average molecular weight is 361 g/mol. The first kappa shape index (κ1) is 16.9. The van der Waals surface area contributed by atoms with Crippen LogP contribution in [-0.2, 0) is 0 Å². The topological polar surface area (TPSA) is 70.6 Å². The molecule has 0 aliphatic carbocycles. The van der Waals surface area contributed by atoms with Gasteiger partial charge in [0, 0.05) is 12.5 Å². The van der Waals surface area contributed by atoms with Gasteiger partial charge in [-0.3, -0.25) is 4.99 Å². The number of aliphatic hydroxyl groups excluding tert-OH is 1. The summed E-state index contributed by atoms with van der Waals surface area (Å²) in [4.78, 5) is 4.18. The van der Waals surface area contributed by atoms with Gasteiger partial charge in [-0.1, -0.05) is 36.4 Å². The number of benzene rings is 1. The second kappa shape index (κ2) is 9.90. The summed E-state index contributed by atoms with van der Waals surface area (Å²) >= 11 is 0. The van der Waals surface area contributed by atoms with Crippen LogP contribution in [0.1, 0.15) is 11.5 Å². The molecule has 1 unspecified atom stereocenters. The third kappa shape index (κ3) is 6.02. The van der Waals surface area contributed by atoms with Gasteiger partial charge in [0.25, 0.3) is 0 Å². The molecule has 0 amide bonds. The summed E-state index contributed by atoms with van der Waals surface area (Å²) in [5.74, 6) is 0.361. The van der Waals surface area contributed by atoms with Crippen molar-refractivity contribution < 1.29 is 5.11 Å². The van der Waals surface area contributed by atoms with E-state index in [1.165, 1.54) is 0 Å². The molecule has 1 atom stereocenters. The summed E-state index contributed by atoms with van der Waals surface area (Å²) in [6, 6.07) is 9.79. The number of nitrogens with zero attached hydrogens (tertiary/aromatic N) is 1. The van der Waals surface area contributed by atoms with E-state index < -0.39 is 0 Å². The van der Waals surface area contributed by atoms with Gasteiger partial charge in [-0.05, 0) is 5.56 Å². The van der Waals surface area contributed by atoms with Crippen LogP contribution in [0.5, 0.6) is 0 Å². The molecule has 100 valence electrons. The summed E-state index contributed by atoms with van der Waals surface area (Å²) in [7, 11) is 0. The monoisotopic (exact) mass is 361 g/mol. The summed E-state index contributed by atoms with van der Waals surface area (Å²) < 4.78 is 0. The second-order valence-corrected chi connectivity index (χ2v) is 3.69. The van der Waals surface area contributed by atoms with Crippen LogP contribution in [0, 0.1) is 0 Å². The van der Waals surface area contributed by atoms with E-state index in [9.17, 15) is 5.11 Å². The van der Waals surface area contributed by atoms with Crippen molar-refractivity contribution in [1.82, 2.24) is 5.32 Å². The van der Waals surface area contributed by atoms with Gasteiger partial charge in [-0.25, -0.2) is 0 Å². The van der Waals surface area contributed by atoms with E-state index in [2.05, 4.69) is 16.9 Å². The van der Waals surface area contributed by atoms with Crippen molar-refractivity contribution in [2.24, 2.45) is 10.7 Å². The Morgan fingerprint density at radius 1 is 1.44 bits per heavy atom. The van der Waals surface area contributed by atoms with Gasteiger partial charge in [0.1, 0.15) is 0 Å². The van der Waals surface area contributed by atoms with E-state index in [1.807, 2.05) is 30.3 Å². The Kier molecular flexibility index (Phi) is 9.31. The molecular weight excluding hydrogens is 341 g/mol. The van der Waals surface area contributed by atoms with Crippen molar-refractivity contribution in [2.75, 3.05) is 19.7 Å². The van der Waals surface area contributed by atoms with Gasteiger partial charge in [-0.15, -0.1) is 30.6 Å². The van der Waals surface area contributed by atoms with Crippen LogP contribution in [-0.4, -0.2) is 30.8 Å². The Bertz CT molecular complexity index is 368. The molecule has 4 N–H and O–H groups in total. The number of aliphatic imine (C=N–C) groups is 1. The summed E-state index contributed by atoms with van der Waals surface area (Å²) in [6.07, 6.45) is 1.71. The molecule has 1 aromatic rings. The van der Waals surface area contributed by atoms with E-state index in [1.54, 1.807) is 6.08 Å². The first-order chi connectivity index (χ1) is 8.27. The summed E-state index contributed by atoms with van der Waals surface area (Å²) in [6.45, 7) is 4.69. The second-order valence-electron chi connectivity index (χ2n) is 3.69. The Balaban J connectivity index is 0.00000289. The highest BCUT2D eigenvalue weighted by atomic mass is 127. The summed E-state index contributed by atoms with van der Waals surface area (Å²) in [5.41, 5.74) is 6.72. The molecule has 0 fully saturated rings. The van der Waals surface area contributed by atoms with Crippen LogP contribution in [0.25, 0.3) is 0 Å².